The maximum absolute atomic E-state index is 10.3. The highest BCUT2D eigenvalue weighted by Gasteiger charge is 2.23. The first-order chi connectivity index (χ1) is 4.18. The number of carbonyl (C=O) groups excluding carboxylic acids is 1. The summed E-state index contributed by atoms with van der Waals surface area (Å²) in [6.45, 7) is 0. The Morgan fingerprint density at radius 1 is 1.44 bits per heavy atom. The van der Waals surface area contributed by atoms with E-state index in [1.807, 2.05) is 0 Å². The Kier molecular flexibility index (Phi) is 0.985. The Balaban J connectivity index is 2.94. The second-order valence-corrected chi connectivity index (χ2v) is 1.42. The summed E-state index contributed by atoms with van der Waals surface area (Å²) < 4.78 is 4.48. The molecule has 0 aliphatic rings. The van der Waals surface area contributed by atoms with Crippen LogP contribution in [0.2, 0.25) is 0 Å². The molecule has 5 nitrogen and oxygen atoms in total. The Labute approximate surface area is 49.2 Å². The van der Waals surface area contributed by atoms with E-state index in [1.165, 1.54) is 0 Å². The van der Waals surface area contributed by atoms with Crippen molar-refractivity contribution in [1.29, 1.82) is 0 Å². The third-order valence-corrected chi connectivity index (χ3v) is 0.896. The molecule has 0 spiro atoms. The van der Waals surface area contributed by atoms with Crippen LogP contribution in [0.4, 0.5) is 4.79 Å². The Bertz CT molecular complexity index is 278. The summed E-state index contributed by atoms with van der Waals surface area (Å²) in [5.74, 6) is 0. The molecule has 48 valence electrons. The van der Waals surface area contributed by atoms with Gasteiger partial charge in [-0.15, -0.1) is 0 Å². The SMILES string of the molecule is COC(=O)n1c(=O)c1=O. The maximum Gasteiger partial charge on any atom is 0.424 e. The van der Waals surface area contributed by atoms with Crippen molar-refractivity contribution in [3.8, 4) is 0 Å². The predicted molar refractivity (Wildman–Crippen MR) is 27.1 cm³/mol. The van der Waals surface area contributed by atoms with Gasteiger partial charge in [0.1, 0.15) is 0 Å². The van der Waals surface area contributed by atoms with E-state index in [9.17, 15) is 14.4 Å². The molecule has 0 saturated heterocycles. The summed E-state index contributed by atoms with van der Waals surface area (Å²) in [4.78, 5) is 30.4. The Morgan fingerprint density at radius 2 is 1.89 bits per heavy atom. The molecule has 1 heterocycles. The van der Waals surface area contributed by atoms with E-state index in [0.29, 0.717) is 4.57 Å². The highest BCUT2D eigenvalue weighted by molar-refractivity contribution is 5.71. The number of carbonyl (C=O) groups is 1. The molecule has 0 fully saturated rings. The van der Waals surface area contributed by atoms with Crippen molar-refractivity contribution in [2.45, 2.75) is 0 Å². The average molecular weight is 129 g/mol. The quantitative estimate of drug-likeness (QED) is 0.408. The summed E-state index contributed by atoms with van der Waals surface area (Å²) in [6.07, 6.45) is -0.912. The van der Waals surface area contributed by atoms with Crippen LogP contribution in [0.1, 0.15) is 0 Å². The molecule has 5 heteroatoms. The van der Waals surface area contributed by atoms with Crippen LogP contribution >= 0.6 is 0 Å². The van der Waals surface area contributed by atoms with Gasteiger partial charge in [-0.05, 0) is 0 Å². The van der Waals surface area contributed by atoms with Crippen LogP contribution in [0.5, 0.6) is 0 Å². The second kappa shape index (κ2) is 1.54. The first-order valence-corrected chi connectivity index (χ1v) is 2.15. The first-order valence-electron chi connectivity index (χ1n) is 2.15. The lowest BCUT2D eigenvalue weighted by Gasteiger charge is -1.85. The molecule has 0 aromatic carbocycles. The lowest BCUT2D eigenvalue weighted by molar-refractivity contribution is 0.174. The molecule has 0 N–H and O–H groups in total. The van der Waals surface area contributed by atoms with Crippen LogP contribution in [-0.2, 0) is 4.74 Å². The van der Waals surface area contributed by atoms with Crippen molar-refractivity contribution in [3.05, 3.63) is 20.7 Å². The molecule has 0 radical (unpaired) electrons. The number of hydrogen-bond acceptors (Lipinski definition) is 4. The van der Waals surface area contributed by atoms with Crippen LogP contribution < -0.4 is 11.1 Å². The standard InChI is InChI=1S/C4H3NO4/c1-9-4(8)5-2(6)3(5)7/h1H3. The molecular formula is C4H3NO4. The second-order valence-electron chi connectivity index (χ2n) is 1.42. The molecule has 0 saturated carbocycles. The van der Waals surface area contributed by atoms with E-state index in [1.54, 1.807) is 0 Å². The van der Waals surface area contributed by atoms with Crippen LogP contribution in [0.15, 0.2) is 9.59 Å². The summed E-state index contributed by atoms with van der Waals surface area (Å²) in [5.41, 5.74) is -1.61. The number of rotatable bonds is 0. The monoisotopic (exact) mass is 129 g/mol. The molecule has 1 aromatic rings. The van der Waals surface area contributed by atoms with Gasteiger partial charge in [-0.2, -0.15) is 4.57 Å². The van der Waals surface area contributed by atoms with E-state index in [-0.39, 0.29) is 0 Å². The van der Waals surface area contributed by atoms with Gasteiger partial charge in [0.25, 0.3) is 0 Å². The van der Waals surface area contributed by atoms with Gasteiger partial charge in [-0.3, -0.25) is 9.59 Å². The molecule has 0 bridgehead atoms. The zero-order valence-corrected chi connectivity index (χ0v) is 4.58. The number of methoxy groups -OCH3 is 1. The molecular weight excluding hydrogens is 126 g/mol. The minimum Gasteiger partial charge on any atom is -0.452 e. The lowest BCUT2D eigenvalue weighted by Crippen LogP contribution is -2.09. The van der Waals surface area contributed by atoms with Gasteiger partial charge in [0.15, 0.2) is 0 Å². The van der Waals surface area contributed by atoms with Gasteiger partial charge in [-0.1, -0.05) is 0 Å². The number of aromatic nitrogens is 1. The third kappa shape index (κ3) is 0.658. The number of nitrogens with zero attached hydrogens (tertiary/aromatic N) is 1. The fraction of sp³-hybridized carbons (Fsp3) is 0.250. The van der Waals surface area contributed by atoms with Gasteiger partial charge < -0.3 is 4.74 Å². The summed E-state index contributed by atoms with van der Waals surface area (Å²) >= 11 is 0. The topological polar surface area (TPSA) is 65.4 Å². The van der Waals surface area contributed by atoms with E-state index >= 15 is 0 Å². The summed E-state index contributed by atoms with van der Waals surface area (Å²) in [7, 11) is 1.10. The van der Waals surface area contributed by atoms with Crippen LogP contribution in [0, 0.1) is 0 Å². The third-order valence-electron chi connectivity index (χ3n) is 0.896. The fourth-order valence-electron chi connectivity index (χ4n) is 0.392. The smallest absolute Gasteiger partial charge is 0.424 e. The molecule has 9 heavy (non-hydrogen) atoms. The van der Waals surface area contributed by atoms with Gasteiger partial charge in [0, 0.05) is 0 Å². The molecule has 0 amide bonds. The number of ether oxygens (including phenoxy) is 1. The highest BCUT2D eigenvalue weighted by atomic mass is 16.5. The summed E-state index contributed by atoms with van der Waals surface area (Å²) in [6, 6.07) is 0. The average Bonchev–Trinajstić information content (AvgIpc) is 2.40. The summed E-state index contributed by atoms with van der Waals surface area (Å²) in [5, 5.41) is 0. The molecule has 0 atom stereocenters. The minimum atomic E-state index is -0.912. The van der Waals surface area contributed by atoms with Gasteiger partial charge in [0.2, 0.25) is 0 Å². The predicted octanol–water partition coefficient (Wildman–Crippen LogP) is -1.30. The van der Waals surface area contributed by atoms with Crippen LogP contribution in [0.3, 0.4) is 0 Å². The Morgan fingerprint density at radius 3 is 2.00 bits per heavy atom. The molecule has 0 aliphatic carbocycles. The van der Waals surface area contributed by atoms with E-state index in [0.717, 1.165) is 7.11 Å². The molecule has 0 unspecified atom stereocenters. The van der Waals surface area contributed by atoms with Crippen LogP contribution in [-0.4, -0.2) is 17.8 Å². The van der Waals surface area contributed by atoms with Crippen molar-refractivity contribution in [2.24, 2.45) is 0 Å². The maximum atomic E-state index is 10.3. The van der Waals surface area contributed by atoms with E-state index in [2.05, 4.69) is 4.74 Å². The normalized spacial score (nSPS) is 9.89. The van der Waals surface area contributed by atoms with Gasteiger partial charge in [-0.25, -0.2) is 4.79 Å². The van der Waals surface area contributed by atoms with E-state index in [4.69, 9.17) is 0 Å². The van der Waals surface area contributed by atoms with Crippen molar-refractivity contribution >= 4 is 6.09 Å². The largest absolute Gasteiger partial charge is 0.452 e. The van der Waals surface area contributed by atoms with Crippen molar-refractivity contribution in [1.82, 2.24) is 4.57 Å². The lowest BCUT2D eigenvalue weighted by atomic mass is 11.1. The zero-order chi connectivity index (χ0) is 7.02. The number of hydrogen-bond donors (Lipinski definition) is 0. The van der Waals surface area contributed by atoms with Crippen molar-refractivity contribution in [2.75, 3.05) is 7.11 Å². The Hall–Kier alpha value is -1.39. The zero-order valence-electron chi connectivity index (χ0n) is 4.58. The fourth-order valence-corrected chi connectivity index (χ4v) is 0.392. The minimum absolute atomic E-state index is 0.417. The van der Waals surface area contributed by atoms with E-state index < -0.39 is 17.2 Å². The van der Waals surface area contributed by atoms with Crippen LogP contribution in [0.25, 0.3) is 0 Å². The van der Waals surface area contributed by atoms with Gasteiger partial charge in [0.05, 0.1) is 7.11 Å². The molecule has 1 aromatic heterocycles. The molecule has 0 aliphatic heterocycles. The van der Waals surface area contributed by atoms with Crippen molar-refractivity contribution < 1.29 is 9.53 Å². The van der Waals surface area contributed by atoms with Crippen molar-refractivity contribution in [3.63, 3.8) is 0 Å². The first kappa shape index (κ1) is 5.74. The highest BCUT2D eigenvalue weighted by Crippen LogP contribution is 1.76. The van der Waals surface area contributed by atoms with Gasteiger partial charge >= 0.3 is 17.2 Å². The molecule has 1 rings (SSSR count).